The molecule has 0 unspecified atom stereocenters. The molecule has 0 atom stereocenters. The highest BCUT2D eigenvalue weighted by Crippen LogP contribution is 2.52. The third-order valence-corrected chi connectivity index (χ3v) is 13.6. The number of hydrogen-bond acceptors (Lipinski definition) is 2. The lowest BCUT2D eigenvalue weighted by atomic mass is 9.78. The number of fused-ring (bicyclic) bond motifs is 3. The van der Waals surface area contributed by atoms with Gasteiger partial charge in [0, 0.05) is 11.4 Å². The molecular formula is C66H48N2. The van der Waals surface area contributed by atoms with Gasteiger partial charge in [-0.05, 0) is 142 Å². The Morgan fingerprint density at radius 3 is 1.29 bits per heavy atom. The highest BCUT2D eigenvalue weighted by atomic mass is 15.2. The van der Waals surface area contributed by atoms with Crippen molar-refractivity contribution >= 4 is 44.3 Å². The van der Waals surface area contributed by atoms with Gasteiger partial charge in [0.25, 0.3) is 0 Å². The van der Waals surface area contributed by atoms with Crippen molar-refractivity contribution in [3.63, 3.8) is 0 Å². The second kappa shape index (κ2) is 17.7. The normalized spacial score (nSPS) is 12.2. The summed E-state index contributed by atoms with van der Waals surface area (Å²) < 4.78 is 0. The Morgan fingerprint density at radius 2 is 0.750 bits per heavy atom. The molecule has 1 aliphatic heterocycles. The van der Waals surface area contributed by atoms with Crippen molar-refractivity contribution < 1.29 is 0 Å². The maximum atomic E-state index is 5.01. The quantitative estimate of drug-likeness (QED) is 0.132. The topological polar surface area (TPSA) is 15.6 Å². The van der Waals surface area contributed by atoms with Gasteiger partial charge in [-0.2, -0.15) is 0 Å². The van der Waals surface area contributed by atoms with Gasteiger partial charge in [-0.1, -0.05) is 219 Å². The Labute approximate surface area is 398 Å². The van der Waals surface area contributed by atoms with Crippen molar-refractivity contribution in [2.75, 3.05) is 11.4 Å². The molecule has 1 aliphatic rings. The Bertz CT molecular complexity index is 3610. The smallest absolute Gasteiger partial charge is 0.0866 e. The summed E-state index contributed by atoms with van der Waals surface area (Å²) in [4.78, 5) is 7.44. The molecule has 12 rings (SSSR count). The van der Waals surface area contributed by atoms with Crippen molar-refractivity contribution in [2.45, 2.75) is 13.3 Å². The fourth-order valence-electron chi connectivity index (χ4n) is 10.6. The molecule has 68 heavy (non-hydrogen) atoms. The fourth-order valence-corrected chi connectivity index (χ4v) is 10.6. The largest absolute Gasteiger partial charge is 0.334 e. The molecule has 2 nitrogen and oxygen atoms in total. The van der Waals surface area contributed by atoms with Gasteiger partial charge in [0.1, 0.15) is 0 Å². The van der Waals surface area contributed by atoms with Crippen LogP contribution in [0.1, 0.15) is 13.3 Å². The molecule has 0 bridgehead atoms. The number of nitrogens with zero attached hydrogens (tertiary/aromatic N) is 2. The van der Waals surface area contributed by atoms with Gasteiger partial charge >= 0.3 is 0 Å². The first-order chi connectivity index (χ1) is 33.7. The Balaban J connectivity index is 1.10. The van der Waals surface area contributed by atoms with Crippen LogP contribution in [-0.2, 0) is 0 Å². The zero-order valence-corrected chi connectivity index (χ0v) is 38.0. The first-order valence-electron chi connectivity index (χ1n) is 23.7. The van der Waals surface area contributed by atoms with Crippen molar-refractivity contribution in [1.82, 2.24) is 0 Å². The number of para-hydroxylation sites is 2. The second-order valence-corrected chi connectivity index (χ2v) is 17.6. The summed E-state index contributed by atoms with van der Waals surface area (Å²) >= 11 is 0. The van der Waals surface area contributed by atoms with Gasteiger partial charge in [0.05, 0.1) is 17.9 Å². The number of rotatable bonds is 9. The number of aliphatic imine (C=N–C) groups is 1. The minimum absolute atomic E-state index is 0.772. The third-order valence-electron chi connectivity index (χ3n) is 13.6. The minimum atomic E-state index is 0.772. The molecule has 0 aromatic heterocycles. The van der Waals surface area contributed by atoms with Gasteiger partial charge in [0.2, 0.25) is 0 Å². The van der Waals surface area contributed by atoms with Crippen LogP contribution >= 0.6 is 0 Å². The monoisotopic (exact) mass is 868 g/mol. The SMILES string of the molecule is CCC1=Nc2ccccc2N(c2cccc(-c3c4ccccc4c(-c4cccc(-c5cc(-c6ccccc6)c(-c6ccccc6)c(-c6ccccc6)c5-c5ccccc5)c4)c4ccccc34)c2)C1. The van der Waals surface area contributed by atoms with E-state index < -0.39 is 0 Å². The van der Waals surface area contributed by atoms with Crippen molar-refractivity contribution in [1.29, 1.82) is 0 Å². The zero-order chi connectivity index (χ0) is 45.4. The standard InChI is InChI=1S/C66H48N2/c1-2-52-44-68(61-40-20-19-39-60(61)67-52)53-34-22-33-51(42-53)63-56-37-17-15-35-54(56)62(55-36-16-18-38-57(55)63)50-32-21-31-49(41-50)59-43-58(45-23-7-3-8-24-45)64(46-25-9-4-10-26-46)66(48-29-13-6-14-30-48)65(59)47-27-11-5-12-28-47/h3-43H,2,44H2,1H3. The fraction of sp³-hybridized carbons (Fsp3) is 0.0455. The van der Waals surface area contributed by atoms with Crippen LogP contribution in [-0.4, -0.2) is 12.3 Å². The highest BCUT2D eigenvalue weighted by Gasteiger charge is 2.25. The number of benzene rings is 11. The molecule has 322 valence electrons. The van der Waals surface area contributed by atoms with Gasteiger partial charge in [-0.25, -0.2) is 0 Å². The second-order valence-electron chi connectivity index (χ2n) is 17.6. The molecule has 0 saturated heterocycles. The average molecular weight is 869 g/mol. The van der Waals surface area contributed by atoms with E-state index in [0.717, 1.165) is 35.6 Å². The first kappa shape index (κ1) is 40.9. The van der Waals surface area contributed by atoms with Crippen LogP contribution in [0, 0.1) is 0 Å². The van der Waals surface area contributed by atoms with E-state index in [2.05, 4.69) is 261 Å². The van der Waals surface area contributed by atoms with E-state index in [1.807, 2.05) is 0 Å². The van der Waals surface area contributed by atoms with E-state index in [1.165, 1.54) is 99.6 Å². The minimum Gasteiger partial charge on any atom is -0.334 e. The molecule has 1 heterocycles. The van der Waals surface area contributed by atoms with E-state index in [1.54, 1.807) is 0 Å². The summed E-state index contributed by atoms with van der Waals surface area (Å²) in [5, 5.41) is 4.91. The van der Waals surface area contributed by atoms with E-state index >= 15 is 0 Å². The van der Waals surface area contributed by atoms with Crippen molar-refractivity contribution in [3.05, 3.63) is 249 Å². The van der Waals surface area contributed by atoms with Crippen LogP contribution in [0.25, 0.3) is 99.4 Å². The lowest BCUT2D eigenvalue weighted by Crippen LogP contribution is -2.27. The van der Waals surface area contributed by atoms with Crippen molar-refractivity contribution in [2.24, 2.45) is 4.99 Å². The van der Waals surface area contributed by atoms with Crippen LogP contribution in [0.2, 0.25) is 0 Å². The molecule has 0 amide bonds. The molecular weight excluding hydrogens is 821 g/mol. The predicted molar refractivity (Wildman–Crippen MR) is 290 cm³/mol. The molecule has 11 aromatic rings. The van der Waals surface area contributed by atoms with Gasteiger partial charge < -0.3 is 4.90 Å². The van der Waals surface area contributed by atoms with E-state index in [9.17, 15) is 0 Å². The summed E-state index contributed by atoms with van der Waals surface area (Å²) in [5.41, 5.74) is 21.3. The maximum Gasteiger partial charge on any atom is 0.0866 e. The first-order valence-corrected chi connectivity index (χ1v) is 23.7. The van der Waals surface area contributed by atoms with Crippen LogP contribution < -0.4 is 4.90 Å². The molecule has 11 aromatic carbocycles. The predicted octanol–water partition coefficient (Wildman–Crippen LogP) is 18.3. The number of anilines is 2. The Hall–Kier alpha value is -8.59. The summed E-state index contributed by atoms with van der Waals surface area (Å²) in [7, 11) is 0. The van der Waals surface area contributed by atoms with Gasteiger partial charge in [0.15, 0.2) is 0 Å². The summed E-state index contributed by atoms with van der Waals surface area (Å²) in [5.74, 6) is 0. The molecule has 0 spiro atoms. The summed E-state index contributed by atoms with van der Waals surface area (Å²) in [6.45, 7) is 2.97. The number of hydrogen-bond donors (Lipinski definition) is 0. The van der Waals surface area contributed by atoms with E-state index in [4.69, 9.17) is 4.99 Å². The van der Waals surface area contributed by atoms with Crippen LogP contribution in [0.15, 0.2) is 254 Å². The lowest BCUT2D eigenvalue weighted by molar-refractivity contribution is 1.06. The van der Waals surface area contributed by atoms with Crippen LogP contribution in [0.4, 0.5) is 17.1 Å². The van der Waals surface area contributed by atoms with Gasteiger partial charge in [-0.3, -0.25) is 4.99 Å². The zero-order valence-electron chi connectivity index (χ0n) is 38.0. The maximum absolute atomic E-state index is 5.01. The molecule has 0 N–H and O–H groups in total. The lowest BCUT2D eigenvalue weighted by Gasteiger charge is -2.31. The van der Waals surface area contributed by atoms with E-state index in [-0.39, 0.29) is 0 Å². The van der Waals surface area contributed by atoms with E-state index in [0.29, 0.717) is 0 Å². The summed E-state index contributed by atoms with van der Waals surface area (Å²) in [6, 6.07) is 91.1. The molecule has 2 heteroatoms. The molecule has 0 radical (unpaired) electrons. The molecule has 0 saturated carbocycles. The van der Waals surface area contributed by atoms with Crippen molar-refractivity contribution in [3.8, 4) is 77.9 Å². The summed E-state index contributed by atoms with van der Waals surface area (Å²) in [6.07, 6.45) is 0.914. The molecule has 0 fully saturated rings. The molecule has 0 aliphatic carbocycles. The van der Waals surface area contributed by atoms with Gasteiger partial charge in [-0.15, -0.1) is 0 Å². The van der Waals surface area contributed by atoms with Crippen LogP contribution in [0.3, 0.4) is 0 Å². The Morgan fingerprint density at radius 1 is 0.338 bits per heavy atom. The average Bonchev–Trinajstić information content (AvgIpc) is 3.42. The van der Waals surface area contributed by atoms with Crippen LogP contribution in [0.5, 0.6) is 0 Å². The Kier molecular flexibility index (Phi) is 10.6. The highest BCUT2D eigenvalue weighted by molar-refractivity contribution is 6.22. The third kappa shape index (κ3) is 7.28.